The van der Waals surface area contributed by atoms with Crippen LogP contribution >= 0.6 is 28.3 Å². The Balaban J connectivity index is 0.00000264. The molecule has 3 nitrogen and oxygen atoms in total. The molecule has 2 rings (SSSR count). The fourth-order valence-corrected chi connectivity index (χ4v) is 3.35. The van der Waals surface area contributed by atoms with Crippen molar-refractivity contribution in [1.82, 2.24) is 10.2 Å². The van der Waals surface area contributed by atoms with Crippen molar-refractivity contribution in [1.29, 1.82) is 0 Å². The van der Waals surface area contributed by atoms with Crippen LogP contribution in [0.1, 0.15) is 31.7 Å². The van der Waals surface area contributed by atoms with E-state index in [1.165, 1.54) is 18.4 Å². The third-order valence-corrected chi connectivity index (χ3v) is 5.29. The monoisotopic (exact) mass is 402 g/mol. The van der Waals surface area contributed by atoms with Crippen molar-refractivity contribution in [3.63, 3.8) is 0 Å². The minimum Gasteiger partial charge on any atom is -0.345 e. The smallest absolute Gasteiger partial charge is 0.222 e. The van der Waals surface area contributed by atoms with Crippen LogP contribution in [0, 0.1) is 11.8 Å². The molecule has 0 aliphatic carbocycles. The van der Waals surface area contributed by atoms with Gasteiger partial charge in [0.1, 0.15) is 0 Å². The molecule has 0 spiro atoms. The summed E-state index contributed by atoms with van der Waals surface area (Å²) >= 11 is 3.44. The van der Waals surface area contributed by atoms with Gasteiger partial charge >= 0.3 is 0 Å². The molecule has 0 saturated carbocycles. The van der Waals surface area contributed by atoms with Crippen LogP contribution in [0.2, 0.25) is 0 Å². The molecule has 1 aliphatic heterocycles. The lowest BCUT2D eigenvalue weighted by Crippen LogP contribution is -2.34. The molecule has 5 heteroatoms. The van der Waals surface area contributed by atoms with E-state index in [0.29, 0.717) is 18.3 Å². The number of hydrogen-bond acceptors (Lipinski definition) is 2. The number of halogens is 2. The highest BCUT2D eigenvalue weighted by Crippen LogP contribution is 2.24. The first-order valence-electron chi connectivity index (χ1n) is 8.25. The van der Waals surface area contributed by atoms with Crippen LogP contribution in [0.3, 0.4) is 0 Å². The molecule has 1 aromatic rings. The number of amides is 1. The minimum atomic E-state index is 0. The Morgan fingerprint density at radius 1 is 1.30 bits per heavy atom. The van der Waals surface area contributed by atoms with E-state index < -0.39 is 0 Å². The molecule has 1 unspecified atom stereocenters. The van der Waals surface area contributed by atoms with Crippen molar-refractivity contribution in [3.05, 3.63) is 34.3 Å². The van der Waals surface area contributed by atoms with Gasteiger partial charge in [0.05, 0.1) is 0 Å². The molecule has 1 N–H and O–H groups in total. The Hall–Kier alpha value is -0.580. The maximum Gasteiger partial charge on any atom is 0.222 e. The molecule has 130 valence electrons. The molecule has 1 aliphatic rings. The van der Waals surface area contributed by atoms with Gasteiger partial charge in [-0.25, -0.2) is 0 Å². The van der Waals surface area contributed by atoms with E-state index in [9.17, 15) is 4.79 Å². The average Bonchev–Trinajstić information content (AvgIpc) is 2.54. The molecule has 0 aromatic heterocycles. The molecule has 23 heavy (non-hydrogen) atoms. The molecule has 1 aromatic carbocycles. The first-order chi connectivity index (χ1) is 10.6. The minimum absolute atomic E-state index is 0. The summed E-state index contributed by atoms with van der Waals surface area (Å²) in [6, 6.07) is 8.33. The summed E-state index contributed by atoms with van der Waals surface area (Å²) in [4.78, 5) is 14.3. The number of carbonyl (C=O) groups is 1. The summed E-state index contributed by atoms with van der Waals surface area (Å²) in [5.74, 6) is 1.47. The number of rotatable bonds is 6. The van der Waals surface area contributed by atoms with Gasteiger partial charge in [0, 0.05) is 24.5 Å². The third-order valence-electron chi connectivity index (χ3n) is 4.76. The standard InChI is InChI=1S/C18H27BrN2O.ClH/c1-14(16-7-10-20-11-8-16)13-18(22)21(2)12-9-15-3-5-17(19)6-4-15;/h3-6,14,16,20H,7-13H2,1-2H3;1H. The molecule has 1 heterocycles. The van der Waals surface area contributed by atoms with Gasteiger partial charge in [-0.05, 0) is 61.9 Å². The molecule has 1 atom stereocenters. The van der Waals surface area contributed by atoms with Crippen molar-refractivity contribution in [2.45, 2.75) is 32.6 Å². The van der Waals surface area contributed by atoms with E-state index in [2.05, 4.69) is 52.4 Å². The molecule has 0 bridgehead atoms. The largest absolute Gasteiger partial charge is 0.345 e. The van der Waals surface area contributed by atoms with Crippen LogP contribution < -0.4 is 5.32 Å². The van der Waals surface area contributed by atoms with Crippen LogP contribution in [0.25, 0.3) is 0 Å². The Morgan fingerprint density at radius 2 is 1.91 bits per heavy atom. The van der Waals surface area contributed by atoms with Gasteiger partial charge in [-0.15, -0.1) is 12.4 Å². The van der Waals surface area contributed by atoms with E-state index in [0.717, 1.165) is 30.5 Å². The Labute approximate surface area is 154 Å². The second-order valence-electron chi connectivity index (χ2n) is 6.46. The number of benzene rings is 1. The Kier molecular flexibility index (Phi) is 9.18. The van der Waals surface area contributed by atoms with Gasteiger partial charge in [-0.3, -0.25) is 4.79 Å². The van der Waals surface area contributed by atoms with Crippen molar-refractivity contribution in [2.75, 3.05) is 26.7 Å². The topological polar surface area (TPSA) is 32.3 Å². The Morgan fingerprint density at radius 3 is 2.52 bits per heavy atom. The molecule has 1 amide bonds. The highest BCUT2D eigenvalue weighted by Gasteiger charge is 2.23. The van der Waals surface area contributed by atoms with Gasteiger partial charge in [-0.2, -0.15) is 0 Å². The van der Waals surface area contributed by atoms with Crippen LogP contribution in [0.15, 0.2) is 28.7 Å². The molecular weight excluding hydrogens is 376 g/mol. The first-order valence-corrected chi connectivity index (χ1v) is 9.04. The summed E-state index contributed by atoms with van der Waals surface area (Å²) in [6.45, 7) is 5.22. The van der Waals surface area contributed by atoms with E-state index in [1.807, 2.05) is 11.9 Å². The van der Waals surface area contributed by atoms with Crippen LogP contribution in [0.5, 0.6) is 0 Å². The summed E-state index contributed by atoms with van der Waals surface area (Å²) < 4.78 is 1.09. The fraction of sp³-hybridized carbons (Fsp3) is 0.611. The number of nitrogens with zero attached hydrogens (tertiary/aromatic N) is 1. The SMILES string of the molecule is CC(CC(=O)N(C)CCc1ccc(Br)cc1)C1CCNCC1.Cl. The van der Waals surface area contributed by atoms with Crippen LogP contribution in [-0.2, 0) is 11.2 Å². The number of likely N-dealkylation sites (N-methyl/N-ethyl adjacent to an activating group) is 1. The average molecular weight is 404 g/mol. The summed E-state index contributed by atoms with van der Waals surface area (Å²) in [6.07, 6.45) is 4.01. The van der Waals surface area contributed by atoms with Gasteiger partial charge in [0.15, 0.2) is 0 Å². The summed E-state index contributed by atoms with van der Waals surface area (Å²) in [5, 5.41) is 3.39. The molecule has 1 saturated heterocycles. The summed E-state index contributed by atoms with van der Waals surface area (Å²) in [5.41, 5.74) is 1.27. The van der Waals surface area contributed by atoms with E-state index >= 15 is 0 Å². The predicted molar refractivity (Wildman–Crippen MR) is 102 cm³/mol. The number of hydrogen-bond donors (Lipinski definition) is 1. The lowest BCUT2D eigenvalue weighted by atomic mass is 9.84. The maximum atomic E-state index is 12.4. The first kappa shape index (κ1) is 20.5. The zero-order valence-electron chi connectivity index (χ0n) is 14.1. The van der Waals surface area contributed by atoms with Crippen molar-refractivity contribution in [3.8, 4) is 0 Å². The normalized spacial score (nSPS) is 16.5. The zero-order valence-corrected chi connectivity index (χ0v) is 16.5. The van der Waals surface area contributed by atoms with Crippen LogP contribution in [0.4, 0.5) is 0 Å². The van der Waals surface area contributed by atoms with Crippen molar-refractivity contribution >= 4 is 34.2 Å². The number of piperidine rings is 1. The molecular formula is C18H28BrClN2O. The van der Waals surface area contributed by atoms with Crippen molar-refractivity contribution < 1.29 is 4.79 Å². The van der Waals surface area contributed by atoms with Gasteiger partial charge in [0.25, 0.3) is 0 Å². The van der Waals surface area contributed by atoms with Gasteiger partial charge in [0.2, 0.25) is 5.91 Å². The van der Waals surface area contributed by atoms with Crippen molar-refractivity contribution in [2.24, 2.45) is 11.8 Å². The number of carbonyl (C=O) groups excluding carboxylic acids is 1. The molecule has 1 fully saturated rings. The second kappa shape index (κ2) is 10.3. The highest BCUT2D eigenvalue weighted by molar-refractivity contribution is 9.10. The fourth-order valence-electron chi connectivity index (χ4n) is 3.08. The second-order valence-corrected chi connectivity index (χ2v) is 7.38. The van der Waals surface area contributed by atoms with E-state index in [4.69, 9.17) is 0 Å². The lowest BCUT2D eigenvalue weighted by Gasteiger charge is -2.29. The van der Waals surface area contributed by atoms with E-state index in [-0.39, 0.29) is 18.3 Å². The van der Waals surface area contributed by atoms with E-state index in [1.54, 1.807) is 0 Å². The lowest BCUT2D eigenvalue weighted by molar-refractivity contribution is -0.131. The zero-order chi connectivity index (χ0) is 15.9. The Bertz CT molecular complexity index is 474. The highest BCUT2D eigenvalue weighted by atomic mass is 79.9. The quantitative estimate of drug-likeness (QED) is 0.781. The number of nitrogens with one attached hydrogen (secondary N) is 1. The summed E-state index contributed by atoms with van der Waals surface area (Å²) in [7, 11) is 1.93. The predicted octanol–water partition coefficient (Wildman–Crippen LogP) is 3.90. The molecule has 0 radical (unpaired) electrons. The maximum absolute atomic E-state index is 12.4. The third kappa shape index (κ3) is 6.82. The van der Waals surface area contributed by atoms with Gasteiger partial charge < -0.3 is 10.2 Å². The van der Waals surface area contributed by atoms with Gasteiger partial charge in [-0.1, -0.05) is 35.0 Å². The van der Waals surface area contributed by atoms with Crippen LogP contribution in [-0.4, -0.2) is 37.5 Å².